The van der Waals surface area contributed by atoms with Crippen LogP contribution in [0, 0.1) is 6.92 Å². The standard InChI is InChI=1S/C34H41N7O2/c1-23-28(6-5-7-29(23)36-32(43)25-10-12-26(13-11-25)34(2,3)4)31-37-30(38-33(35)39-31)22-24-8-14-27(15-9-24)41-18-16-40(17-19-41)20-21-42/h5-15,42H,16-22H2,1-4H3,(H,36,43)(H2,35,37,38,39). The Hall–Kier alpha value is -4.34. The molecule has 224 valence electrons. The maximum atomic E-state index is 13.1. The predicted octanol–water partition coefficient (Wildman–Crippen LogP) is 4.68. The van der Waals surface area contributed by atoms with E-state index < -0.39 is 0 Å². The van der Waals surface area contributed by atoms with Gasteiger partial charge in [-0.15, -0.1) is 0 Å². The fraction of sp³-hybridized carbons (Fsp3) is 0.353. The van der Waals surface area contributed by atoms with Crippen LogP contribution in [-0.4, -0.2) is 70.2 Å². The van der Waals surface area contributed by atoms with Crippen molar-refractivity contribution < 1.29 is 9.90 Å². The van der Waals surface area contributed by atoms with Gasteiger partial charge in [0.1, 0.15) is 5.82 Å². The number of piperazine rings is 1. The highest BCUT2D eigenvalue weighted by molar-refractivity contribution is 6.05. The molecule has 1 amide bonds. The molecule has 4 aromatic rings. The Kier molecular flexibility index (Phi) is 9.03. The topological polar surface area (TPSA) is 120 Å². The summed E-state index contributed by atoms with van der Waals surface area (Å²) in [7, 11) is 0. The molecule has 2 heterocycles. The summed E-state index contributed by atoms with van der Waals surface area (Å²) >= 11 is 0. The molecule has 1 saturated heterocycles. The van der Waals surface area contributed by atoms with E-state index in [0.29, 0.717) is 29.3 Å². The lowest BCUT2D eigenvalue weighted by molar-refractivity contribution is 0.102. The summed E-state index contributed by atoms with van der Waals surface area (Å²) in [6, 6.07) is 21.9. The van der Waals surface area contributed by atoms with Gasteiger partial charge >= 0.3 is 0 Å². The minimum Gasteiger partial charge on any atom is -0.395 e. The molecule has 1 aromatic heterocycles. The van der Waals surface area contributed by atoms with E-state index in [2.05, 4.69) is 70.1 Å². The Balaban J connectivity index is 1.29. The van der Waals surface area contributed by atoms with Crippen LogP contribution in [0.15, 0.2) is 66.7 Å². The molecule has 0 unspecified atom stereocenters. The molecule has 9 nitrogen and oxygen atoms in total. The lowest BCUT2D eigenvalue weighted by atomic mass is 9.86. The molecule has 1 aliphatic rings. The number of carbonyl (C=O) groups excluding carboxylic acids is 1. The van der Waals surface area contributed by atoms with Crippen molar-refractivity contribution in [1.82, 2.24) is 19.9 Å². The van der Waals surface area contributed by atoms with Crippen molar-refractivity contribution in [2.45, 2.75) is 39.5 Å². The van der Waals surface area contributed by atoms with Gasteiger partial charge in [0.05, 0.1) is 6.61 Å². The number of nitrogen functional groups attached to an aromatic ring is 1. The molecule has 0 bridgehead atoms. The van der Waals surface area contributed by atoms with Crippen molar-refractivity contribution in [3.05, 3.63) is 94.8 Å². The first kappa shape index (κ1) is 30.1. The van der Waals surface area contributed by atoms with Gasteiger partial charge in [0.15, 0.2) is 5.82 Å². The number of nitrogens with two attached hydrogens (primary N) is 1. The highest BCUT2D eigenvalue weighted by Crippen LogP contribution is 2.28. The molecule has 43 heavy (non-hydrogen) atoms. The Morgan fingerprint density at radius 1 is 0.930 bits per heavy atom. The van der Waals surface area contributed by atoms with Gasteiger partial charge in [0, 0.05) is 61.6 Å². The third-order valence-corrected chi connectivity index (χ3v) is 7.99. The van der Waals surface area contributed by atoms with Gasteiger partial charge in [-0.25, -0.2) is 4.98 Å². The molecule has 0 spiro atoms. The summed E-state index contributed by atoms with van der Waals surface area (Å²) in [5.74, 6) is 1.04. The zero-order chi connectivity index (χ0) is 30.6. The molecule has 0 atom stereocenters. The number of hydrogen-bond donors (Lipinski definition) is 3. The van der Waals surface area contributed by atoms with Crippen LogP contribution in [0.25, 0.3) is 11.4 Å². The maximum Gasteiger partial charge on any atom is 0.255 e. The molecule has 1 aliphatic heterocycles. The third kappa shape index (κ3) is 7.36. The summed E-state index contributed by atoms with van der Waals surface area (Å²) in [5.41, 5.74) is 12.5. The van der Waals surface area contributed by atoms with E-state index in [1.54, 1.807) is 0 Å². The number of benzene rings is 3. The minimum atomic E-state index is -0.174. The summed E-state index contributed by atoms with van der Waals surface area (Å²) in [4.78, 5) is 31.3. The number of nitrogens with zero attached hydrogens (tertiary/aromatic N) is 5. The lowest BCUT2D eigenvalue weighted by Gasteiger charge is -2.35. The predicted molar refractivity (Wildman–Crippen MR) is 172 cm³/mol. The quantitative estimate of drug-likeness (QED) is 0.275. The van der Waals surface area contributed by atoms with E-state index >= 15 is 0 Å². The van der Waals surface area contributed by atoms with E-state index in [-0.39, 0.29) is 23.9 Å². The molecule has 0 saturated carbocycles. The molecule has 0 radical (unpaired) electrons. The van der Waals surface area contributed by atoms with Gasteiger partial charge < -0.3 is 21.1 Å². The number of β-amino-alcohol motifs (C(OH)–C–C–N with tert-alkyl or cyclic N) is 1. The smallest absolute Gasteiger partial charge is 0.255 e. The Labute approximate surface area is 253 Å². The average molecular weight is 580 g/mol. The summed E-state index contributed by atoms with van der Waals surface area (Å²) in [6.45, 7) is 13.1. The molecule has 0 aliphatic carbocycles. The number of rotatable bonds is 8. The van der Waals surface area contributed by atoms with Crippen molar-refractivity contribution in [2.75, 3.05) is 55.3 Å². The highest BCUT2D eigenvalue weighted by atomic mass is 16.3. The van der Waals surface area contributed by atoms with Crippen LogP contribution < -0.4 is 16.0 Å². The number of nitrogens with one attached hydrogen (secondary N) is 1. The van der Waals surface area contributed by atoms with Crippen molar-refractivity contribution >= 4 is 23.2 Å². The van der Waals surface area contributed by atoms with Crippen LogP contribution in [0.2, 0.25) is 0 Å². The Morgan fingerprint density at radius 3 is 2.28 bits per heavy atom. The molecule has 5 rings (SSSR count). The SMILES string of the molecule is Cc1c(NC(=O)c2ccc(C(C)(C)C)cc2)cccc1-c1nc(N)nc(Cc2ccc(N3CCN(CCO)CC3)cc2)n1. The van der Waals surface area contributed by atoms with Gasteiger partial charge in [-0.05, 0) is 59.4 Å². The van der Waals surface area contributed by atoms with Gasteiger partial charge in [0.2, 0.25) is 5.95 Å². The monoisotopic (exact) mass is 579 g/mol. The first-order chi connectivity index (χ1) is 20.6. The normalized spacial score (nSPS) is 14.1. The van der Waals surface area contributed by atoms with Crippen LogP contribution in [0.5, 0.6) is 0 Å². The van der Waals surface area contributed by atoms with E-state index in [9.17, 15) is 9.90 Å². The third-order valence-electron chi connectivity index (χ3n) is 7.99. The second kappa shape index (κ2) is 12.9. The second-order valence-electron chi connectivity index (χ2n) is 12.1. The average Bonchev–Trinajstić information content (AvgIpc) is 2.98. The summed E-state index contributed by atoms with van der Waals surface area (Å²) in [5, 5.41) is 12.2. The first-order valence-electron chi connectivity index (χ1n) is 14.8. The van der Waals surface area contributed by atoms with Gasteiger partial charge in [-0.2, -0.15) is 9.97 Å². The van der Waals surface area contributed by atoms with Crippen LogP contribution in [-0.2, 0) is 11.8 Å². The van der Waals surface area contributed by atoms with Crippen molar-refractivity contribution in [3.8, 4) is 11.4 Å². The van der Waals surface area contributed by atoms with Crippen LogP contribution in [0.4, 0.5) is 17.3 Å². The zero-order valence-electron chi connectivity index (χ0n) is 25.5. The van der Waals surface area contributed by atoms with Crippen LogP contribution in [0.3, 0.4) is 0 Å². The summed E-state index contributed by atoms with van der Waals surface area (Å²) < 4.78 is 0. The second-order valence-corrected chi connectivity index (χ2v) is 12.1. The number of aliphatic hydroxyl groups is 1. The molecule has 1 fully saturated rings. The minimum absolute atomic E-state index is 0.0199. The van der Waals surface area contributed by atoms with E-state index in [0.717, 1.165) is 49.4 Å². The van der Waals surface area contributed by atoms with Gasteiger partial charge in [-0.1, -0.05) is 57.2 Å². The van der Waals surface area contributed by atoms with Crippen molar-refractivity contribution in [2.24, 2.45) is 0 Å². The zero-order valence-corrected chi connectivity index (χ0v) is 25.5. The van der Waals surface area contributed by atoms with Gasteiger partial charge in [0.25, 0.3) is 5.91 Å². The largest absolute Gasteiger partial charge is 0.395 e. The maximum absolute atomic E-state index is 13.1. The van der Waals surface area contributed by atoms with E-state index in [1.807, 2.05) is 49.4 Å². The van der Waals surface area contributed by atoms with Crippen molar-refractivity contribution in [3.63, 3.8) is 0 Å². The highest BCUT2D eigenvalue weighted by Gasteiger charge is 2.18. The number of carbonyl (C=O) groups is 1. The Morgan fingerprint density at radius 2 is 1.63 bits per heavy atom. The fourth-order valence-electron chi connectivity index (χ4n) is 5.35. The fourth-order valence-corrected chi connectivity index (χ4v) is 5.35. The number of aliphatic hydroxyl groups excluding tert-OH is 1. The molecule has 3 aromatic carbocycles. The van der Waals surface area contributed by atoms with Crippen LogP contribution >= 0.6 is 0 Å². The lowest BCUT2D eigenvalue weighted by Crippen LogP contribution is -2.47. The number of aromatic nitrogens is 3. The summed E-state index contributed by atoms with van der Waals surface area (Å²) in [6.07, 6.45) is 0.518. The number of hydrogen-bond acceptors (Lipinski definition) is 8. The first-order valence-corrected chi connectivity index (χ1v) is 14.8. The Bertz CT molecular complexity index is 1560. The van der Waals surface area contributed by atoms with E-state index in [1.165, 1.54) is 11.3 Å². The molecule has 9 heteroatoms. The van der Waals surface area contributed by atoms with Crippen LogP contribution in [0.1, 0.15) is 53.6 Å². The molecular formula is C34H41N7O2. The number of anilines is 3. The van der Waals surface area contributed by atoms with Gasteiger partial charge in [-0.3, -0.25) is 9.69 Å². The number of amides is 1. The van der Waals surface area contributed by atoms with Crippen molar-refractivity contribution in [1.29, 1.82) is 0 Å². The molecular weight excluding hydrogens is 538 g/mol. The van der Waals surface area contributed by atoms with E-state index in [4.69, 9.17) is 10.7 Å². The molecule has 4 N–H and O–H groups in total.